The highest BCUT2D eigenvalue weighted by Crippen LogP contribution is 2.22. The number of rotatable bonds is 2. The molecule has 0 radical (unpaired) electrons. The Morgan fingerprint density at radius 2 is 1.83 bits per heavy atom. The molecular formula is C18H25N3O2. The Bertz CT molecular complexity index is 594. The number of anilines is 1. The second-order valence-corrected chi connectivity index (χ2v) is 6.52. The number of amides is 2. The summed E-state index contributed by atoms with van der Waals surface area (Å²) in [5, 5.41) is 0. The third-order valence-corrected chi connectivity index (χ3v) is 4.90. The summed E-state index contributed by atoms with van der Waals surface area (Å²) in [4.78, 5) is 30.4. The number of aryl methyl sites for hydroxylation is 1. The maximum Gasteiger partial charge on any atom is 0.245 e. The van der Waals surface area contributed by atoms with E-state index < -0.39 is 0 Å². The van der Waals surface area contributed by atoms with Gasteiger partial charge in [0.2, 0.25) is 11.8 Å². The Labute approximate surface area is 137 Å². The number of likely N-dealkylation sites (tertiary alicyclic amines) is 1. The van der Waals surface area contributed by atoms with Crippen LogP contribution in [0.25, 0.3) is 0 Å². The van der Waals surface area contributed by atoms with E-state index in [-0.39, 0.29) is 17.9 Å². The van der Waals surface area contributed by atoms with E-state index in [9.17, 15) is 9.59 Å². The third kappa shape index (κ3) is 3.33. The van der Waals surface area contributed by atoms with Crippen molar-refractivity contribution in [1.82, 2.24) is 9.80 Å². The van der Waals surface area contributed by atoms with Gasteiger partial charge in [-0.3, -0.25) is 9.59 Å². The Balaban J connectivity index is 1.60. The zero-order valence-electron chi connectivity index (χ0n) is 14.0. The van der Waals surface area contributed by atoms with Crippen LogP contribution in [0, 0.1) is 6.92 Å². The summed E-state index contributed by atoms with van der Waals surface area (Å²) in [6.45, 7) is 7.53. The van der Waals surface area contributed by atoms with Crippen molar-refractivity contribution in [1.29, 1.82) is 0 Å². The zero-order valence-corrected chi connectivity index (χ0v) is 14.0. The SMILES string of the molecule is CC(=O)N1CCC[C@H]1C(=O)N1CCN(c2cccc(C)c2)CC1. The first kappa shape index (κ1) is 15.8. The average Bonchev–Trinajstić information content (AvgIpc) is 3.04. The molecule has 5 heteroatoms. The molecule has 0 N–H and O–H groups in total. The van der Waals surface area contributed by atoms with Crippen molar-refractivity contribution >= 4 is 17.5 Å². The molecule has 0 aromatic heterocycles. The van der Waals surface area contributed by atoms with Crippen molar-refractivity contribution in [2.45, 2.75) is 32.7 Å². The minimum atomic E-state index is -0.238. The highest BCUT2D eigenvalue weighted by atomic mass is 16.2. The predicted molar refractivity (Wildman–Crippen MR) is 90.4 cm³/mol. The van der Waals surface area contributed by atoms with E-state index in [0.717, 1.165) is 45.6 Å². The molecule has 2 heterocycles. The van der Waals surface area contributed by atoms with Crippen LogP contribution in [-0.2, 0) is 9.59 Å². The first-order chi connectivity index (χ1) is 11.1. The van der Waals surface area contributed by atoms with Gasteiger partial charge in [-0.2, -0.15) is 0 Å². The highest BCUT2D eigenvalue weighted by Gasteiger charge is 2.36. The smallest absolute Gasteiger partial charge is 0.245 e. The average molecular weight is 315 g/mol. The monoisotopic (exact) mass is 315 g/mol. The summed E-state index contributed by atoms with van der Waals surface area (Å²) in [5.41, 5.74) is 2.48. The van der Waals surface area contributed by atoms with Crippen LogP contribution in [-0.4, -0.2) is 60.4 Å². The van der Waals surface area contributed by atoms with Crippen molar-refractivity contribution in [3.8, 4) is 0 Å². The molecule has 2 aliphatic heterocycles. The van der Waals surface area contributed by atoms with E-state index in [2.05, 4.69) is 36.1 Å². The van der Waals surface area contributed by atoms with Crippen LogP contribution in [0.1, 0.15) is 25.3 Å². The van der Waals surface area contributed by atoms with Crippen LogP contribution in [0.4, 0.5) is 5.69 Å². The number of benzene rings is 1. The lowest BCUT2D eigenvalue weighted by molar-refractivity contribution is -0.143. The van der Waals surface area contributed by atoms with Gasteiger partial charge in [0.05, 0.1) is 0 Å². The molecule has 1 atom stereocenters. The van der Waals surface area contributed by atoms with Crippen LogP contribution in [0.15, 0.2) is 24.3 Å². The molecule has 2 amide bonds. The molecule has 2 aliphatic rings. The summed E-state index contributed by atoms with van der Waals surface area (Å²) >= 11 is 0. The molecule has 1 aromatic rings. The Kier molecular flexibility index (Phi) is 4.55. The number of carbonyl (C=O) groups excluding carboxylic acids is 2. The lowest BCUT2D eigenvalue weighted by atomic mass is 10.1. The molecule has 0 bridgehead atoms. The third-order valence-electron chi connectivity index (χ3n) is 4.90. The predicted octanol–water partition coefficient (Wildman–Crippen LogP) is 1.65. The topological polar surface area (TPSA) is 43.9 Å². The fraction of sp³-hybridized carbons (Fsp3) is 0.556. The Morgan fingerprint density at radius 3 is 2.48 bits per heavy atom. The molecular weight excluding hydrogens is 290 g/mol. The van der Waals surface area contributed by atoms with Gasteiger partial charge in [-0.25, -0.2) is 0 Å². The molecule has 0 saturated carbocycles. The van der Waals surface area contributed by atoms with Crippen molar-refractivity contribution in [3.63, 3.8) is 0 Å². The molecule has 1 aromatic carbocycles. The van der Waals surface area contributed by atoms with Gasteiger partial charge >= 0.3 is 0 Å². The molecule has 5 nitrogen and oxygen atoms in total. The van der Waals surface area contributed by atoms with Crippen molar-refractivity contribution < 1.29 is 9.59 Å². The number of carbonyl (C=O) groups is 2. The molecule has 0 aliphatic carbocycles. The van der Waals surface area contributed by atoms with Gasteiger partial charge in [0.25, 0.3) is 0 Å². The van der Waals surface area contributed by atoms with Crippen LogP contribution < -0.4 is 4.90 Å². The van der Waals surface area contributed by atoms with Gasteiger partial charge in [0.15, 0.2) is 0 Å². The standard InChI is InChI=1S/C18H25N3O2/c1-14-5-3-6-16(13-14)19-9-11-20(12-10-19)18(23)17-7-4-8-21(17)15(2)22/h3,5-6,13,17H,4,7-12H2,1-2H3/t17-/m0/s1. The summed E-state index contributed by atoms with van der Waals surface area (Å²) in [6, 6.07) is 8.24. The van der Waals surface area contributed by atoms with Gasteiger partial charge < -0.3 is 14.7 Å². The van der Waals surface area contributed by atoms with Crippen LogP contribution in [0.3, 0.4) is 0 Å². The fourth-order valence-corrected chi connectivity index (χ4v) is 3.62. The second-order valence-electron chi connectivity index (χ2n) is 6.52. The minimum absolute atomic E-state index is 0.0132. The van der Waals surface area contributed by atoms with Crippen LogP contribution >= 0.6 is 0 Å². The first-order valence-corrected chi connectivity index (χ1v) is 8.44. The Morgan fingerprint density at radius 1 is 1.09 bits per heavy atom. The second kappa shape index (κ2) is 6.60. The van der Waals surface area contributed by atoms with E-state index in [1.54, 1.807) is 11.8 Å². The minimum Gasteiger partial charge on any atom is -0.368 e. The van der Waals surface area contributed by atoms with Crippen molar-refractivity contribution in [2.75, 3.05) is 37.6 Å². The summed E-state index contributed by atoms with van der Waals surface area (Å²) in [5.74, 6) is 0.140. The number of hydrogen-bond donors (Lipinski definition) is 0. The van der Waals surface area contributed by atoms with Crippen LogP contribution in [0.5, 0.6) is 0 Å². The van der Waals surface area contributed by atoms with Crippen molar-refractivity contribution in [3.05, 3.63) is 29.8 Å². The maximum atomic E-state index is 12.7. The van der Waals surface area contributed by atoms with E-state index in [1.165, 1.54) is 11.3 Å². The lowest BCUT2D eigenvalue weighted by Crippen LogP contribution is -2.54. The van der Waals surface area contributed by atoms with Gasteiger partial charge in [-0.1, -0.05) is 12.1 Å². The quantitative estimate of drug-likeness (QED) is 0.833. The molecule has 2 saturated heterocycles. The van der Waals surface area contributed by atoms with E-state index in [1.807, 2.05) is 4.90 Å². The largest absolute Gasteiger partial charge is 0.368 e. The lowest BCUT2D eigenvalue weighted by Gasteiger charge is -2.38. The molecule has 0 spiro atoms. The number of nitrogens with zero attached hydrogens (tertiary/aromatic N) is 3. The Hall–Kier alpha value is -2.04. The highest BCUT2D eigenvalue weighted by molar-refractivity contribution is 5.87. The normalized spacial score (nSPS) is 21.7. The van der Waals surface area contributed by atoms with Gasteiger partial charge in [-0.05, 0) is 37.5 Å². The molecule has 2 fully saturated rings. The zero-order chi connectivity index (χ0) is 16.4. The summed E-state index contributed by atoms with van der Waals surface area (Å²) < 4.78 is 0. The van der Waals surface area contributed by atoms with E-state index in [4.69, 9.17) is 0 Å². The van der Waals surface area contributed by atoms with E-state index >= 15 is 0 Å². The maximum absolute atomic E-state index is 12.7. The number of piperazine rings is 1. The van der Waals surface area contributed by atoms with Gasteiger partial charge in [0, 0.05) is 45.3 Å². The molecule has 3 rings (SSSR count). The molecule has 23 heavy (non-hydrogen) atoms. The van der Waals surface area contributed by atoms with Crippen LogP contribution in [0.2, 0.25) is 0 Å². The first-order valence-electron chi connectivity index (χ1n) is 8.44. The number of hydrogen-bond acceptors (Lipinski definition) is 3. The van der Waals surface area contributed by atoms with Gasteiger partial charge in [0.1, 0.15) is 6.04 Å². The molecule has 124 valence electrons. The van der Waals surface area contributed by atoms with E-state index in [0.29, 0.717) is 0 Å². The fourth-order valence-electron chi connectivity index (χ4n) is 3.62. The van der Waals surface area contributed by atoms with Crippen molar-refractivity contribution in [2.24, 2.45) is 0 Å². The summed E-state index contributed by atoms with van der Waals surface area (Å²) in [6.07, 6.45) is 1.73. The molecule has 0 unspecified atom stereocenters. The summed E-state index contributed by atoms with van der Waals surface area (Å²) in [7, 11) is 0. The van der Waals surface area contributed by atoms with Gasteiger partial charge in [-0.15, -0.1) is 0 Å².